The first-order valence-corrected chi connectivity index (χ1v) is 5.96. The van der Waals surface area contributed by atoms with Crippen LogP contribution in [-0.4, -0.2) is 4.98 Å². The molecule has 1 atom stereocenters. The molecule has 1 aromatic heterocycles. The Labute approximate surface area is 103 Å². The summed E-state index contributed by atoms with van der Waals surface area (Å²) in [5.41, 5.74) is 3.75. The summed E-state index contributed by atoms with van der Waals surface area (Å²) in [7, 11) is 0. The first-order chi connectivity index (χ1) is 8.27. The van der Waals surface area contributed by atoms with Gasteiger partial charge < -0.3 is 5.32 Å². The van der Waals surface area contributed by atoms with Gasteiger partial charge in [-0.25, -0.2) is 0 Å². The van der Waals surface area contributed by atoms with Crippen molar-refractivity contribution in [3.8, 4) is 0 Å². The van der Waals surface area contributed by atoms with E-state index in [1.54, 1.807) is 0 Å². The third kappa shape index (κ3) is 3.14. The largest absolute Gasteiger partial charge is 0.305 e. The number of aromatic nitrogens is 1. The number of hydrogen-bond acceptors (Lipinski definition) is 2. The van der Waals surface area contributed by atoms with E-state index >= 15 is 0 Å². The minimum Gasteiger partial charge on any atom is -0.305 e. The molecular weight excluding hydrogens is 208 g/mol. The van der Waals surface area contributed by atoms with Crippen molar-refractivity contribution in [1.29, 1.82) is 0 Å². The van der Waals surface area contributed by atoms with E-state index in [1.165, 1.54) is 11.1 Å². The predicted molar refractivity (Wildman–Crippen MR) is 70.7 cm³/mol. The summed E-state index contributed by atoms with van der Waals surface area (Å²) in [6, 6.07) is 14.8. The van der Waals surface area contributed by atoms with Crippen LogP contribution in [0.5, 0.6) is 0 Å². The highest BCUT2D eigenvalue weighted by molar-refractivity contribution is 5.28. The first-order valence-electron chi connectivity index (χ1n) is 5.96. The van der Waals surface area contributed by atoms with Gasteiger partial charge in [0.05, 0.1) is 5.69 Å². The van der Waals surface area contributed by atoms with E-state index in [2.05, 4.69) is 48.4 Å². The molecule has 0 saturated heterocycles. The lowest BCUT2D eigenvalue weighted by atomic mass is 10.0. The van der Waals surface area contributed by atoms with Gasteiger partial charge in [0, 0.05) is 18.8 Å². The van der Waals surface area contributed by atoms with Gasteiger partial charge in [-0.05, 0) is 37.1 Å². The van der Waals surface area contributed by atoms with E-state index in [0.717, 1.165) is 12.2 Å². The Morgan fingerprint density at radius 1 is 1.12 bits per heavy atom. The minimum absolute atomic E-state index is 0.346. The minimum atomic E-state index is 0.346. The molecule has 0 bridgehead atoms. The zero-order chi connectivity index (χ0) is 12.1. The summed E-state index contributed by atoms with van der Waals surface area (Å²) < 4.78 is 0. The molecule has 0 radical (unpaired) electrons. The Bertz CT molecular complexity index is 465. The Kier molecular flexibility index (Phi) is 3.89. The molecule has 1 N–H and O–H groups in total. The van der Waals surface area contributed by atoms with Crippen LogP contribution in [0.4, 0.5) is 0 Å². The van der Waals surface area contributed by atoms with Gasteiger partial charge >= 0.3 is 0 Å². The molecular formula is C15H18N2. The lowest BCUT2D eigenvalue weighted by Gasteiger charge is -2.16. The highest BCUT2D eigenvalue weighted by atomic mass is 14.9. The summed E-state index contributed by atoms with van der Waals surface area (Å²) in [6.45, 7) is 5.13. The average Bonchev–Trinajstić information content (AvgIpc) is 2.38. The molecule has 1 aromatic carbocycles. The van der Waals surface area contributed by atoms with Crippen LogP contribution in [0.3, 0.4) is 0 Å². The van der Waals surface area contributed by atoms with Crippen molar-refractivity contribution in [3.05, 3.63) is 65.5 Å². The summed E-state index contributed by atoms with van der Waals surface area (Å²) >= 11 is 0. The molecule has 1 heterocycles. The van der Waals surface area contributed by atoms with Crippen molar-refractivity contribution in [3.63, 3.8) is 0 Å². The van der Waals surface area contributed by atoms with Crippen molar-refractivity contribution >= 4 is 0 Å². The van der Waals surface area contributed by atoms with Crippen LogP contribution in [0.2, 0.25) is 0 Å². The van der Waals surface area contributed by atoms with E-state index in [0.29, 0.717) is 6.04 Å². The molecule has 2 aromatic rings. The van der Waals surface area contributed by atoms with Crippen LogP contribution in [0.15, 0.2) is 48.7 Å². The predicted octanol–water partition coefficient (Wildman–Crippen LogP) is 3.24. The highest BCUT2D eigenvalue weighted by Crippen LogP contribution is 2.16. The second-order valence-electron chi connectivity index (χ2n) is 4.28. The van der Waals surface area contributed by atoms with Gasteiger partial charge in [0.2, 0.25) is 0 Å². The maximum absolute atomic E-state index is 4.30. The summed E-state index contributed by atoms with van der Waals surface area (Å²) in [5.74, 6) is 0. The van der Waals surface area contributed by atoms with Gasteiger partial charge in [-0.2, -0.15) is 0 Å². The fourth-order valence-corrected chi connectivity index (χ4v) is 1.94. The summed E-state index contributed by atoms with van der Waals surface area (Å²) in [5, 5.41) is 3.49. The second-order valence-corrected chi connectivity index (χ2v) is 4.28. The van der Waals surface area contributed by atoms with E-state index < -0.39 is 0 Å². The number of rotatable bonds is 4. The summed E-state index contributed by atoms with van der Waals surface area (Å²) in [4.78, 5) is 4.30. The molecule has 1 unspecified atom stereocenters. The molecule has 0 fully saturated rings. The van der Waals surface area contributed by atoms with E-state index in [-0.39, 0.29) is 0 Å². The molecule has 2 heteroatoms. The summed E-state index contributed by atoms with van der Waals surface area (Å²) in [6.07, 6.45) is 1.83. The number of nitrogens with zero attached hydrogens (tertiary/aromatic N) is 1. The van der Waals surface area contributed by atoms with Crippen LogP contribution in [0.25, 0.3) is 0 Å². The number of pyridine rings is 1. The van der Waals surface area contributed by atoms with E-state index in [4.69, 9.17) is 0 Å². The zero-order valence-electron chi connectivity index (χ0n) is 10.4. The molecule has 0 aliphatic carbocycles. The van der Waals surface area contributed by atoms with Crippen LogP contribution >= 0.6 is 0 Å². The zero-order valence-corrected chi connectivity index (χ0v) is 10.4. The van der Waals surface area contributed by atoms with Gasteiger partial charge in [-0.1, -0.05) is 30.3 Å². The molecule has 2 nitrogen and oxygen atoms in total. The molecule has 17 heavy (non-hydrogen) atoms. The molecule has 88 valence electrons. The maximum atomic E-state index is 4.30. The molecule has 0 amide bonds. The standard InChI is InChI=1S/C15H18N2/c1-12-7-3-4-9-15(12)13(2)17-11-14-8-5-6-10-16-14/h3-10,13,17H,11H2,1-2H3. The molecule has 2 rings (SSSR count). The Morgan fingerprint density at radius 2 is 1.88 bits per heavy atom. The van der Waals surface area contributed by atoms with E-state index in [9.17, 15) is 0 Å². The van der Waals surface area contributed by atoms with Crippen molar-refractivity contribution in [2.24, 2.45) is 0 Å². The SMILES string of the molecule is Cc1ccccc1C(C)NCc1ccccn1. The Balaban J connectivity index is 1.99. The molecule has 0 saturated carbocycles. The fraction of sp³-hybridized carbons (Fsp3) is 0.267. The van der Waals surface area contributed by atoms with Crippen molar-refractivity contribution in [2.75, 3.05) is 0 Å². The van der Waals surface area contributed by atoms with Crippen molar-refractivity contribution in [2.45, 2.75) is 26.4 Å². The maximum Gasteiger partial charge on any atom is 0.0541 e. The second kappa shape index (κ2) is 5.60. The number of hydrogen-bond donors (Lipinski definition) is 1. The molecule has 0 aliphatic heterocycles. The van der Waals surface area contributed by atoms with Crippen LogP contribution in [0, 0.1) is 6.92 Å². The first kappa shape index (κ1) is 11.8. The normalized spacial score (nSPS) is 12.4. The van der Waals surface area contributed by atoms with Gasteiger partial charge in [0.15, 0.2) is 0 Å². The van der Waals surface area contributed by atoms with Gasteiger partial charge in [0.1, 0.15) is 0 Å². The Hall–Kier alpha value is -1.67. The lowest BCUT2D eigenvalue weighted by Crippen LogP contribution is -2.19. The van der Waals surface area contributed by atoms with Crippen LogP contribution in [0.1, 0.15) is 29.8 Å². The smallest absolute Gasteiger partial charge is 0.0541 e. The topological polar surface area (TPSA) is 24.9 Å². The number of nitrogens with one attached hydrogen (secondary N) is 1. The van der Waals surface area contributed by atoms with Gasteiger partial charge in [-0.3, -0.25) is 4.98 Å². The monoisotopic (exact) mass is 226 g/mol. The molecule has 0 spiro atoms. The van der Waals surface area contributed by atoms with Gasteiger partial charge in [-0.15, -0.1) is 0 Å². The lowest BCUT2D eigenvalue weighted by molar-refractivity contribution is 0.565. The van der Waals surface area contributed by atoms with Gasteiger partial charge in [0.25, 0.3) is 0 Å². The third-order valence-electron chi connectivity index (χ3n) is 2.97. The fourth-order valence-electron chi connectivity index (χ4n) is 1.94. The van der Waals surface area contributed by atoms with Crippen molar-refractivity contribution in [1.82, 2.24) is 10.3 Å². The van der Waals surface area contributed by atoms with Crippen LogP contribution in [-0.2, 0) is 6.54 Å². The van der Waals surface area contributed by atoms with Crippen molar-refractivity contribution < 1.29 is 0 Å². The quantitative estimate of drug-likeness (QED) is 0.865. The van der Waals surface area contributed by atoms with Crippen LogP contribution < -0.4 is 5.32 Å². The van der Waals surface area contributed by atoms with E-state index in [1.807, 2.05) is 24.4 Å². The highest BCUT2D eigenvalue weighted by Gasteiger charge is 2.06. The molecule has 0 aliphatic rings. The Morgan fingerprint density at radius 3 is 2.59 bits per heavy atom. The number of aryl methyl sites for hydroxylation is 1. The third-order valence-corrected chi connectivity index (χ3v) is 2.97. The number of benzene rings is 1. The average molecular weight is 226 g/mol.